The highest BCUT2D eigenvalue weighted by molar-refractivity contribution is 5.96. The van der Waals surface area contributed by atoms with E-state index in [9.17, 15) is 38.7 Å². The molecule has 1 heterocycles. The number of aromatic hydroxyl groups is 1. The zero-order chi connectivity index (χ0) is 45.6. The highest BCUT2D eigenvalue weighted by Crippen LogP contribution is 2.22. The van der Waals surface area contributed by atoms with Gasteiger partial charge in [-0.25, -0.2) is 4.79 Å². The number of carbonyl (C=O) groups excluding carboxylic acids is 7. The predicted molar refractivity (Wildman–Crippen MR) is 229 cm³/mol. The van der Waals surface area contributed by atoms with Crippen molar-refractivity contribution in [2.24, 2.45) is 29.4 Å². The SMILES string of the molecule is CCC(C)C1NC(=O)CN(C)C(=O)[C@@H](Cc2ccc(O)cc2)N(C)C(=O)[C@H](C)NC(=O)[C@@H](CC(C)C)OC(=O)/C(C)=C/C[C@H](N)[C@H](C)[C@@H]([C@@H](C)CC)NC(=O)[C@@H](C)NC1=O. The fourth-order valence-electron chi connectivity index (χ4n) is 6.98. The van der Waals surface area contributed by atoms with Crippen LogP contribution in [0.2, 0.25) is 0 Å². The summed E-state index contributed by atoms with van der Waals surface area (Å²) in [6.07, 6.45) is 2.05. The molecule has 7 N–H and O–H groups in total. The summed E-state index contributed by atoms with van der Waals surface area (Å²) in [5.74, 6) is -4.99. The molecule has 0 saturated heterocycles. The van der Waals surface area contributed by atoms with E-state index in [2.05, 4.69) is 21.3 Å². The number of esters is 1. The lowest BCUT2D eigenvalue weighted by molar-refractivity contribution is -0.154. The average molecular weight is 842 g/mol. The molecule has 2 unspecified atom stereocenters. The van der Waals surface area contributed by atoms with Crippen LogP contribution in [0.1, 0.15) is 100 Å². The minimum absolute atomic E-state index is 0.00307. The molecule has 336 valence electrons. The molecular weight excluding hydrogens is 771 g/mol. The van der Waals surface area contributed by atoms with Gasteiger partial charge in [0.15, 0.2) is 6.10 Å². The van der Waals surface area contributed by atoms with Crippen LogP contribution in [-0.4, -0.2) is 119 Å². The van der Waals surface area contributed by atoms with Gasteiger partial charge in [0.25, 0.3) is 5.91 Å². The van der Waals surface area contributed by atoms with Crippen molar-refractivity contribution < 1.29 is 43.4 Å². The standard InChI is InChI=1S/C44H71N7O9/c1-13-25(5)37-28(8)33(45)20-15-27(7)44(59)60-35(21-24(3)4)40(55)47-30(10)42(57)51(12)34(22-31-16-18-32(52)19-17-31)43(58)50(11)23-36(53)48-38(26(6)14-2)41(56)46-29(9)39(54)49-37/h15-19,24-26,28-30,33-35,37-38,52H,13-14,20-23,45H2,1-12H3,(H,46,56)(H,47,55)(H,48,53)(H,49,54)/b27-15+/t25-,26?,28-,29+,30-,33-,34+,35+,37+,38?/m0/s1. The number of amides is 6. The Morgan fingerprint density at radius 2 is 1.38 bits per heavy atom. The molecular formula is C44H71N7O9. The van der Waals surface area contributed by atoms with Gasteiger partial charge in [-0.15, -0.1) is 0 Å². The number of cyclic esters (lactones) is 1. The maximum absolute atomic E-state index is 14.2. The summed E-state index contributed by atoms with van der Waals surface area (Å²) in [6, 6.07) is 0.848. The predicted octanol–water partition coefficient (Wildman–Crippen LogP) is 2.56. The number of phenolic OH excluding ortho intramolecular Hbond substituents is 1. The Bertz CT molecular complexity index is 1680. The molecule has 0 fully saturated rings. The van der Waals surface area contributed by atoms with Gasteiger partial charge in [0.05, 0.1) is 6.54 Å². The molecule has 10 atom stereocenters. The van der Waals surface area contributed by atoms with Crippen LogP contribution in [0.3, 0.4) is 0 Å². The average Bonchev–Trinajstić information content (AvgIpc) is 3.20. The van der Waals surface area contributed by atoms with Crippen LogP contribution in [0, 0.1) is 23.7 Å². The number of phenols is 1. The number of likely N-dealkylation sites (N-methyl/N-ethyl adjacent to an activating group) is 2. The summed E-state index contributed by atoms with van der Waals surface area (Å²) in [7, 11) is 2.81. The quantitative estimate of drug-likeness (QED) is 0.210. The van der Waals surface area contributed by atoms with Gasteiger partial charge in [0.1, 0.15) is 29.9 Å². The molecule has 1 aliphatic heterocycles. The van der Waals surface area contributed by atoms with Crippen LogP contribution in [0.5, 0.6) is 5.75 Å². The van der Waals surface area contributed by atoms with Gasteiger partial charge < -0.3 is 46.6 Å². The van der Waals surface area contributed by atoms with Crippen molar-refractivity contribution in [1.29, 1.82) is 0 Å². The lowest BCUT2D eigenvalue weighted by Gasteiger charge is -2.34. The molecule has 0 saturated carbocycles. The Balaban J connectivity index is 2.62. The van der Waals surface area contributed by atoms with Crippen LogP contribution < -0.4 is 27.0 Å². The summed E-state index contributed by atoms with van der Waals surface area (Å²) < 4.78 is 5.71. The number of nitrogens with zero attached hydrogens (tertiary/aromatic N) is 2. The van der Waals surface area contributed by atoms with Crippen molar-refractivity contribution >= 4 is 41.4 Å². The molecule has 6 amide bonds. The summed E-state index contributed by atoms with van der Waals surface area (Å²) in [4.78, 5) is 98.4. The third-order valence-electron chi connectivity index (χ3n) is 11.6. The number of ether oxygens (including phenoxy) is 1. The topological polar surface area (TPSA) is 230 Å². The highest BCUT2D eigenvalue weighted by atomic mass is 16.5. The van der Waals surface area contributed by atoms with Crippen LogP contribution >= 0.6 is 0 Å². The lowest BCUT2D eigenvalue weighted by Crippen LogP contribution is -2.59. The first-order valence-electron chi connectivity index (χ1n) is 21.2. The zero-order valence-corrected chi connectivity index (χ0v) is 37.7. The number of rotatable bonds is 8. The van der Waals surface area contributed by atoms with E-state index in [4.69, 9.17) is 10.5 Å². The Kier molecular flexibility index (Phi) is 20.2. The van der Waals surface area contributed by atoms with Gasteiger partial charge in [0.2, 0.25) is 29.5 Å². The maximum atomic E-state index is 14.2. The third-order valence-corrected chi connectivity index (χ3v) is 11.6. The molecule has 0 bridgehead atoms. The van der Waals surface area contributed by atoms with E-state index in [0.717, 1.165) is 11.3 Å². The minimum atomic E-state index is -1.24. The van der Waals surface area contributed by atoms with Crippen molar-refractivity contribution in [3.05, 3.63) is 41.5 Å². The number of hydrogen-bond donors (Lipinski definition) is 6. The van der Waals surface area contributed by atoms with E-state index in [0.29, 0.717) is 12.0 Å². The smallest absolute Gasteiger partial charge is 0.334 e. The molecule has 1 aromatic carbocycles. The van der Waals surface area contributed by atoms with E-state index < -0.39 is 90.3 Å². The molecule has 0 aromatic heterocycles. The number of nitrogens with one attached hydrogen (secondary N) is 4. The van der Waals surface area contributed by atoms with Gasteiger partial charge in [-0.2, -0.15) is 0 Å². The molecule has 1 aliphatic rings. The molecule has 0 spiro atoms. The Morgan fingerprint density at radius 1 is 0.800 bits per heavy atom. The molecule has 16 nitrogen and oxygen atoms in total. The van der Waals surface area contributed by atoms with Crippen molar-refractivity contribution in [2.75, 3.05) is 20.6 Å². The molecule has 0 aliphatic carbocycles. The highest BCUT2D eigenvalue weighted by Gasteiger charge is 2.36. The summed E-state index contributed by atoms with van der Waals surface area (Å²) >= 11 is 0. The number of hydrogen-bond acceptors (Lipinski definition) is 10. The lowest BCUT2D eigenvalue weighted by atomic mass is 9.83. The summed E-state index contributed by atoms with van der Waals surface area (Å²) in [6.45, 7) is 17.4. The normalized spacial score (nSPS) is 28.8. The Labute approximate surface area is 356 Å². The molecule has 1 aromatic rings. The van der Waals surface area contributed by atoms with Crippen molar-refractivity contribution in [2.45, 2.75) is 144 Å². The number of benzene rings is 1. The minimum Gasteiger partial charge on any atom is -0.508 e. The van der Waals surface area contributed by atoms with E-state index in [1.165, 1.54) is 38.1 Å². The third kappa shape index (κ3) is 14.9. The second kappa shape index (κ2) is 23.7. The van der Waals surface area contributed by atoms with Gasteiger partial charge in [0, 0.05) is 38.2 Å². The van der Waals surface area contributed by atoms with Crippen molar-refractivity contribution in [3.63, 3.8) is 0 Å². The first kappa shape index (κ1) is 51.2. The number of carbonyl (C=O) groups is 7. The number of nitrogens with two attached hydrogens (primary N) is 1. The molecule has 60 heavy (non-hydrogen) atoms. The first-order valence-corrected chi connectivity index (χ1v) is 21.2. The second-order valence-corrected chi connectivity index (χ2v) is 17.0. The molecule has 16 heteroatoms. The Hall–Kier alpha value is -4.99. The van der Waals surface area contributed by atoms with Gasteiger partial charge >= 0.3 is 5.97 Å². The largest absolute Gasteiger partial charge is 0.508 e. The van der Waals surface area contributed by atoms with Crippen LogP contribution in [0.25, 0.3) is 0 Å². The second-order valence-electron chi connectivity index (χ2n) is 17.0. The van der Waals surface area contributed by atoms with Crippen LogP contribution in [-0.2, 0) is 44.7 Å². The maximum Gasteiger partial charge on any atom is 0.334 e. The van der Waals surface area contributed by atoms with E-state index in [1.807, 2.05) is 41.5 Å². The first-order chi connectivity index (χ1) is 28.0. The van der Waals surface area contributed by atoms with Crippen LogP contribution in [0.15, 0.2) is 35.9 Å². The summed E-state index contributed by atoms with van der Waals surface area (Å²) in [5.41, 5.74) is 7.49. The fourth-order valence-corrected chi connectivity index (χ4v) is 6.98. The van der Waals surface area contributed by atoms with Gasteiger partial charge in [-0.1, -0.05) is 79.5 Å². The van der Waals surface area contributed by atoms with Gasteiger partial charge in [-0.05, 0) is 75.0 Å². The van der Waals surface area contributed by atoms with Crippen molar-refractivity contribution in [1.82, 2.24) is 31.1 Å². The zero-order valence-electron chi connectivity index (χ0n) is 37.7. The monoisotopic (exact) mass is 842 g/mol. The van der Waals surface area contributed by atoms with E-state index in [-0.39, 0.29) is 54.3 Å². The Morgan fingerprint density at radius 3 is 1.95 bits per heavy atom. The molecule has 2 rings (SSSR count). The van der Waals surface area contributed by atoms with E-state index >= 15 is 0 Å². The molecule has 0 radical (unpaired) electrons. The van der Waals surface area contributed by atoms with E-state index in [1.54, 1.807) is 39.0 Å². The van der Waals surface area contributed by atoms with Gasteiger partial charge in [-0.3, -0.25) is 28.8 Å². The fraction of sp³-hybridized carbons (Fsp3) is 0.659. The van der Waals surface area contributed by atoms with Crippen molar-refractivity contribution in [3.8, 4) is 5.75 Å². The summed E-state index contributed by atoms with van der Waals surface area (Å²) in [5, 5.41) is 21.1. The van der Waals surface area contributed by atoms with Crippen LogP contribution in [0.4, 0.5) is 0 Å².